The summed E-state index contributed by atoms with van der Waals surface area (Å²) in [6, 6.07) is 8.53. The van der Waals surface area contributed by atoms with Crippen LogP contribution < -0.4 is 0 Å². The van der Waals surface area contributed by atoms with E-state index in [-0.39, 0.29) is 0 Å². The second kappa shape index (κ2) is 6.39. The minimum atomic E-state index is 0.924. The van der Waals surface area contributed by atoms with E-state index in [0.717, 1.165) is 17.1 Å². The molecule has 0 saturated carbocycles. The van der Waals surface area contributed by atoms with Crippen LogP contribution in [0.1, 0.15) is 17.5 Å². The fourth-order valence-corrected chi connectivity index (χ4v) is 1.68. The topological polar surface area (TPSA) is 0 Å². The van der Waals surface area contributed by atoms with Crippen molar-refractivity contribution in [2.24, 2.45) is 0 Å². The summed E-state index contributed by atoms with van der Waals surface area (Å²) in [6.07, 6.45) is 5.42. The van der Waals surface area contributed by atoms with Gasteiger partial charge in [0.15, 0.2) is 0 Å². The normalized spacial score (nSPS) is 10.9. The van der Waals surface area contributed by atoms with Crippen LogP contribution in [0.25, 0.3) is 6.08 Å². The molecule has 1 aromatic carbocycles. The minimum Gasteiger partial charge on any atom is -0.0925 e. The van der Waals surface area contributed by atoms with Gasteiger partial charge in [-0.2, -0.15) is 0 Å². The molecule has 0 aromatic heterocycles. The average molecular weight is 304 g/mol. The molecule has 2 heteroatoms. The molecule has 0 fully saturated rings. The quantitative estimate of drug-likeness (QED) is 0.724. The lowest BCUT2D eigenvalue weighted by Crippen LogP contribution is -1.78. The standard InChI is InChI=1S/C11H12Br2/c12-7-2-1-4-10-5-3-6-11(8-10)9-13/h1,3-6,8H,2,7,9H2. The highest BCUT2D eigenvalue weighted by molar-refractivity contribution is 9.09. The van der Waals surface area contributed by atoms with Crippen molar-refractivity contribution in [2.75, 3.05) is 5.33 Å². The van der Waals surface area contributed by atoms with Crippen molar-refractivity contribution in [1.82, 2.24) is 0 Å². The lowest BCUT2D eigenvalue weighted by Gasteiger charge is -1.97. The summed E-state index contributed by atoms with van der Waals surface area (Å²) in [4.78, 5) is 0. The first-order valence-corrected chi connectivity index (χ1v) is 6.48. The molecule has 13 heavy (non-hydrogen) atoms. The van der Waals surface area contributed by atoms with E-state index in [2.05, 4.69) is 68.3 Å². The van der Waals surface area contributed by atoms with E-state index in [1.54, 1.807) is 0 Å². The average Bonchev–Trinajstić information content (AvgIpc) is 2.19. The summed E-state index contributed by atoms with van der Waals surface area (Å²) < 4.78 is 0. The van der Waals surface area contributed by atoms with Crippen molar-refractivity contribution < 1.29 is 0 Å². The van der Waals surface area contributed by atoms with Crippen molar-refractivity contribution in [3.63, 3.8) is 0 Å². The lowest BCUT2D eigenvalue weighted by atomic mass is 10.1. The van der Waals surface area contributed by atoms with E-state index in [9.17, 15) is 0 Å². The van der Waals surface area contributed by atoms with Gasteiger partial charge in [-0.15, -0.1) is 0 Å². The third-order valence-corrected chi connectivity index (χ3v) is 2.80. The third-order valence-electron chi connectivity index (χ3n) is 1.69. The molecule has 70 valence electrons. The number of rotatable bonds is 4. The molecule has 0 atom stereocenters. The predicted molar refractivity (Wildman–Crippen MR) is 66.5 cm³/mol. The molecule has 1 aromatic rings. The van der Waals surface area contributed by atoms with Gasteiger partial charge in [0.25, 0.3) is 0 Å². The first-order chi connectivity index (χ1) is 6.36. The maximum atomic E-state index is 3.44. The fraction of sp³-hybridized carbons (Fsp3) is 0.273. The van der Waals surface area contributed by atoms with Gasteiger partial charge < -0.3 is 0 Å². The highest BCUT2D eigenvalue weighted by Crippen LogP contribution is 2.10. The van der Waals surface area contributed by atoms with Gasteiger partial charge in [-0.05, 0) is 17.5 Å². The summed E-state index contributed by atoms with van der Waals surface area (Å²) in [7, 11) is 0. The maximum Gasteiger partial charge on any atom is 0.0283 e. The van der Waals surface area contributed by atoms with Gasteiger partial charge in [0.2, 0.25) is 0 Å². The van der Waals surface area contributed by atoms with Gasteiger partial charge in [-0.25, -0.2) is 0 Å². The van der Waals surface area contributed by atoms with Crippen LogP contribution in [0.15, 0.2) is 30.3 Å². The minimum absolute atomic E-state index is 0.924. The summed E-state index contributed by atoms with van der Waals surface area (Å²) in [5.41, 5.74) is 2.60. The predicted octanol–water partition coefficient (Wildman–Crippen LogP) is 4.38. The largest absolute Gasteiger partial charge is 0.0925 e. The van der Waals surface area contributed by atoms with Gasteiger partial charge in [-0.1, -0.05) is 68.3 Å². The van der Waals surface area contributed by atoms with Crippen molar-refractivity contribution in [3.05, 3.63) is 41.5 Å². The van der Waals surface area contributed by atoms with Crippen molar-refractivity contribution >= 4 is 37.9 Å². The van der Waals surface area contributed by atoms with Crippen LogP contribution >= 0.6 is 31.9 Å². The first-order valence-electron chi connectivity index (χ1n) is 4.24. The smallest absolute Gasteiger partial charge is 0.0283 e. The van der Waals surface area contributed by atoms with E-state index in [0.29, 0.717) is 0 Å². The zero-order chi connectivity index (χ0) is 9.52. The molecule has 1 rings (SSSR count). The lowest BCUT2D eigenvalue weighted by molar-refractivity contribution is 1.27. The number of benzene rings is 1. The van der Waals surface area contributed by atoms with E-state index < -0.39 is 0 Å². The van der Waals surface area contributed by atoms with Crippen LogP contribution in [0.3, 0.4) is 0 Å². The molecule has 0 aliphatic carbocycles. The molecule has 0 unspecified atom stereocenters. The molecule has 0 spiro atoms. The Morgan fingerprint density at radius 1 is 1.23 bits per heavy atom. The maximum absolute atomic E-state index is 3.44. The number of hydrogen-bond donors (Lipinski definition) is 0. The van der Waals surface area contributed by atoms with Crippen LogP contribution in [0.4, 0.5) is 0 Å². The Kier molecular flexibility index (Phi) is 5.40. The SMILES string of the molecule is BrCCC=Cc1cccc(CBr)c1. The Labute approximate surface area is 96.3 Å². The Bertz CT molecular complexity index is 279. The van der Waals surface area contributed by atoms with Crippen molar-refractivity contribution in [3.8, 4) is 0 Å². The highest BCUT2D eigenvalue weighted by atomic mass is 79.9. The number of allylic oxidation sites excluding steroid dienone is 1. The van der Waals surface area contributed by atoms with E-state index in [4.69, 9.17) is 0 Å². The van der Waals surface area contributed by atoms with Gasteiger partial charge >= 0.3 is 0 Å². The molecule has 0 N–H and O–H groups in total. The Hall–Kier alpha value is -0.0800. The molecule has 0 bridgehead atoms. The molecule has 0 nitrogen and oxygen atoms in total. The Morgan fingerprint density at radius 2 is 2.08 bits per heavy atom. The molecule has 0 saturated heterocycles. The Morgan fingerprint density at radius 3 is 2.77 bits per heavy atom. The van der Waals surface area contributed by atoms with E-state index in [1.807, 2.05) is 0 Å². The van der Waals surface area contributed by atoms with Crippen LogP contribution in [0.2, 0.25) is 0 Å². The van der Waals surface area contributed by atoms with E-state index >= 15 is 0 Å². The van der Waals surface area contributed by atoms with Gasteiger partial charge in [0, 0.05) is 10.7 Å². The fourth-order valence-electron chi connectivity index (χ4n) is 1.06. The molecule has 0 amide bonds. The molecular formula is C11H12Br2. The number of halogens is 2. The highest BCUT2D eigenvalue weighted by Gasteiger charge is 1.90. The molecule has 0 aliphatic rings. The van der Waals surface area contributed by atoms with Crippen LogP contribution in [-0.2, 0) is 5.33 Å². The number of alkyl halides is 2. The summed E-state index contributed by atoms with van der Waals surface area (Å²) in [5.74, 6) is 0. The second-order valence-electron chi connectivity index (χ2n) is 2.76. The summed E-state index contributed by atoms with van der Waals surface area (Å²) in [6.45, 7) is 0. The van der Waals surface area contributed by atoms with Crippen LogP contribution in [-0.4, -0.2) is 5.33 Å². The second-order valence-corrected chi connectivity index (χ2v) is 4.11. The zero-order valence-electron chi connectivity index (χ0n) is 7.34. The summed E-state index contributed by atoms with van der Waals surface area (Å²) in [5, 5.41) is 1.95. The molecule has 0 aliphatic heterocycles. The molecular weight excluding hydrogens is 292 g/mol. The van der Waals surface area contributed by atoms with Crippen LogP contribution in [0, 0.1) is 0 Å². The van der Waals surface area contributed by atoms with Gasteiger partial charge in [0.1, 0.15) is 0 Å². The number of hydrogen-bond acceptors (Lipinski definition) is 0. The summed E-state index contributed by atoms with van der Waals surface area (Å²) >= 11 is 6.83. The van der Waals surface area contributed by atoms with E-state index in [1.165, 1.54) is 11.1 Å². The molecule has 0 radical (unpaired) electrons. The first kappa shape index (κ1) is 11.0. The third kappa shape index (κ3) is 4.10. The van der Waals surface area contributed by atoms with Gasteiger partial charge in [0.05, 0.1) is 0 Å². The van der Waals surface area contributed by atoms with Crippen molar-refractivity contribution in [1.29, 1.82) is 0 Å². The Balaban J connectivity index is 2.66. The zero-order valence-corrected chi connectivity index (χ0v) is 10.5. The van der Waals surface area contributed by atoms with Crippen LogP contribution in [0.5, 0.6) is 0 Å². The monoisotopic (exact) mass is 302 g/mol. The van der Waals surface area contributed by atoms with Gasteiger partial charge in [-0.3, -0.25) is 0 Å². The van der Waals surface area contributed by atoms with Crippen molar-refractivity contribution in [2.45, 2.75) is 11.8 Å². The molecule has 0 heterocycles.